The summed E-state index contributed by atoms with van der Waals surface area (Å²) < 4.78 is 0. The van der Waals surface area contributed by atoms with E-state index >= 15 is 0 Å². The number of piperidine rings is 2. The molecule has 162 valence electrons. The summed E-state index contributed by atoms with van der Waals surface area (Å²) >= 11 is 5.93. The largest absolute Gasteiger partial charge is 0.342 e. The molecule has 0 N–H and O–H groups in total. The van der Waals surface area contributed by atoms with Gasteiger partial charge in [0.1, 0.15) is 0 Å². The summed E-state index contributed by atoms with van der Waals surface area (Å²) in [7, 11) is 0. The quantitative estimate of drug-likeness (QED) is 0.663. The van der Waals surface area contributed by atoms with E-state index < -0.39 is 0 Å². The zero-order valence-corrected chi connectivity index (χ0v) is 18.3. The Morgan fingerprint density at radius 3 is 2.00 bits per heavy atom. The lowest BCUT2D eigenvalue weighted by molar-refractivity contribution is -0.137. The van der Waals surface area contributed by atoms with Crippen molar-refractivity contribution in [3.8, 4) is 0 Å². The second-order valence-corrected chi connectivity index (χ2v) is 8.77. The third-order valence-corrected chi connectivity index (χ3v) is 6.56. The van der Waals surface area contributed by atoms with Crippen molar-refractivity contribution < 1.29 is 14.4 Å². The summed E-state index contributed by atoms with van der Waals surface area (Å²) in [4.78, 5) is 42.8. The Hall–Kier alpha value is -2.66. The summed E-state index contributed by atoms with van der Waals surface area (Å²) in [6.45, 7) is 2.79. The number of benzene rings is 2. The number of ketones is 1. The van der Waals surface area contributed by atoms with Gasteiger partial charge < -0.3 is 9.80 Å². The van der Waals surface area contributed by atoms with Crippen LogP contribution in [0.5, 0.6) is 0 Å². The second-order valence-electron chi connectivity index (χ2n) is 8.33. The van der Waals surface area contributed by atoms with Gasteiger partial charge in [-0.3, -0.25) is 14.4 Å². The molecule has 0 atom stereocenters. The van der Waals surface area contributed by atoms with Gasteiger partial charge in [-0.05, 0) is 62.4 Å². The van der Waals surface area contributed by atoms with E-state index in [2.05, 4.69) is 0 Å². The monoisotopic (exact) mass is 438 g/mol. The van der Waals surface area contributed by atoms with Gasteiger partial charge in [-0.1, -0.05) is 29.8 Å². The Bertz CT molecular complexity index is 959. The van der Waals surface area contributed by atoms with Crippen LogP contribution < -0.4 is 0 Å². The predicted molar refractivity (Wildman–Crippen MR) is 120 cm³/mol. The van der Waals surface area contributed by atoms with Crippen LogP contribution in [-0.4, -0.2) is 53.6 Å². The lowest BCUT2D eigenvalue weighted by atomic mass is 9.93. The van der Waals surface area contributed by atoms with Crippen molar-refractivity contribution in [3.63, 3.8) is 0 Å². The predicted octanol–water partition coefficient (Wildman–Crippen LogP) is 4.44. The standard InChI is InChI=1S/C25H27ClN2O3/c26-20-10-8-18(9-11-20)23(29)21-6-2-3-7-22(21)25(31)28-16-12-19(13-17-28)24(30)27-14-4-1-5-15-27/h2-3,6-11,19H,1,4-5,12-17H2. The Morgan fingerprint density at radius 1 is 0.742 bits per heavy atom. The van der Waals surface area contributed by atoms with Gasteiger partial charge in [-0.15, -0.1) is 0 Å². The molecule has 2 aromatic rings. The molecule has 4 rings (SSSR count). The highest BCUT2D eigenvalue weighted by Crippen LogP contribution is 2.25. The number of halogens is 1. The molecule has 2 aliphatic heterocycles. The van der Waals surface area contributed by atoms with Crippen molar-refractivity contribution >= 4 is 29.2 Å². The van der Waals surface area contributed by atoms with Gasteiger partial charge in [0, 0.05) is 48.2 Å². The molecule has 2 heterocycles. The third-order valence-electron chi connectivity index (χ3n) is 6.31. The fourth-order valence-corrected chi connectivity index (χ4v) is 4.62. The fraction of sp³-hybridized carbons (Fsp3) is 0.400. The van der Waals surface area contributed by atoms with Gasteiger partial charge in [-0.25, -0.2) is 0 Å². The summed E-state index contributed by atoms with van der Waals surface area (Å²) in [5, 5.41) is 0.558. The number of carbonyl (C=O) groups is 3. The molecule has 6 heteroatoms. The maximum absolute atomic E-state index is 13.2. The summed E-state index contributed by atoms with van der Waals surface area (Å²) in [5.41, 5.74) is 1.29. The molecule has 0 unspecified atom stereocenters. The van der Waals surface area contributed by atoms with Crippen LogP contribution in [0.2, 0.25) is 5.02 Å². The van der Waals surface area contributed by atoms with Crippen molar-refractivity contribution in [2.24, 2.45) is 5.92 Å². The lowest BCUT2D eigenvalue weighted by Gasteiger charge is -2.35. The number of hydrogen-bond donors (Lipinski definition) is 0. The lowest BCUT2D eigenvalue weighted by Crippen LogP contribution is -2.45. The third kappa shape index (κ3) is 4.82. The van der Waals surface area contributed by atoms with E-state index in [1.54, 1.807) is 53.4 Å². The average molecular weight is 439 g/mol. The summed E-state index contributed by atoms with van der Waals surface area (Å²) in [6, 6.07) is 13.6. The topological polar surface area (TPSA) is 57.7 Å². The van der Waals surface area contributed by atoms with Crippen LogP contribution in [0.3, 0.4) is 0 Å². The first-order chi connectivity index (χ1) is 15.0. The molecule has 5 nitrogen and oxygen atoms in total. The molecule has 0 radical (unpaired) electrons. The van der Waals surface area contributed by atoms with E-state index in [1.165, 1.54) is 6.42 Å². The van der Waals surface area contributed by atoms with E-state index in [4.69, 9.17) is 11.6 Å². The zero-order valence-electron chi connectivity index (χ0n) is 17.6. The van der Waals surface area contributed by atoms with Gasteiger partial charge in [-0.2, -0.15) is 0 Å². The minimum atomic E-state index is -0.198. The molecule has 2 aromatic carbocycles. The minimum Gasteiger partial charge on any atom is -0.342 e. The van der Waals surface area contributed by atoms with Crippen LogP contribution in [0.15, 0.2) is 48.5 Å². The van der Waals surface area contributed by atoms with Crippen molar-refractivity contribution in [1.29, 1.82) is 0 Å². The molecule has 2 aliphatic rings. The summed E-state index contributed by atoms with van der Waals surface area (Å²) in [6.07, 6.45) is 4.72. The molecular weight excluding hydrogens is 412 g/mol. The fourth-order valence-electron chi connectivity index (χ4n) is 4.50. The molecule has 31 heavy (non-hydrogen) atoms. The Morgan fingerprint density at radius 2 is 1.35 bits per heavy atom. The zero-order chi connectivity index (χ0) is 21.8. The molecule has 0 saturated carbocycles. The van der Waals surface area contributed by atoms with E-state index in [9.17, 15) is 14.4 Å². The molecule has 0 aliphatic carbocycles. The normalized spacial score (nSPS) is 17.5. The highest BCUT2D eigenvalue weighted by Gasteiger charge is 2.32. The Labute approximate surface area is 188 Å². The van der Waals surface area contributed by atoms with Crippen molar-refractivity contribution in [2.75, 3.05) is 26.2 Å². The highest BCUT2D eigenvalue weighted by molar-refractivity contribution is 6.30. The van der Waals surface area contributed by atoms with E-state index in [0.29, 0.717) is 47.6 Å². The van der Waals surface area contributed by atoms with E-state index in [1.807, 2.05) is 4.90 Å². The smallest absolute Gasteiger partial charge is 0.254 e. The summed E-state index contributed by atoms with van der Waals surface area (Å²) in [5.74, 6) is -0.115. The van der Waals surface area contributed by atoms with Crippen LogP contribution in [-0.2, 0) is 4.79 Å². The minimum absolute atomic E-state index is 0.00640. The number of carbonyl (C=O) groups excluding carboxylic acids is 3. The first-order valence-electron chi connectivity index (χ1n) is 11.0. The molecule has 0 aromatic heterocycles. The maximum Gasteiger partial charge on any atom is 0.254 e. The molecule has 2 fully saturated rings. The van der Waals surface area contributed by atoms with Crippen LogP contribution in [0.4, 0.5) is 0 Å². The van der Waals surface area contributed by atoms with Gasteiger partial charge in [0.05, 0.1) is 5.56 Å². The van der Waals surface area contributed by atoms with E-state index in [0.717, 1.165) is 25.9 Å². The van der Waals surface area contributed by atoms with E-state index in [-0.39, 0.29) is 23.5 Å². The number of rotatable bonds is 4. The average Bonchev–Trinajstić information content (AvgIpc) is 2.84. The maximum atomic E-state index is 13.2. The van der Waals surface area contributed by atoms with Crippen molar-refractivity contribution in [2.45, 2.75) is 32.1 Å². The molecule has 2 amide bonds. The van der Waals surface area contributed by atoms with Crippen molar-refractivity contribution in [1.82, 2.24) is 9.80 Å². The second kappa shape index (κ2) is 9.65. The van der Waals surface area contributed by atoms with Crippen LogP contribution in [0, 0.1) is 5.92 Å². The Balaban J connectivity index is 1.44. The Kier molecular flexibility index (Phi) is 6.71. The SMILES string of the molecule is O=C(c1ccc(Cl)cc1)c1ccccc1C(=O)N1CCC(C(=O)N2CCCCC2)CC1. The highest BCUT2D eigenvalue weighted by atomic mass is 35.5. The first-order valence-corrected chi connectivity index (χ1v) is 11.4. The molecule has 0 spiro atoms. The van der Waals surface area contributed by atoms with Crippen LogP contribution >= 0.6 is 11.6 Å². The van der Waals surface area contributed by atoms with Crippen LogP contribution in [0.25, 0.3) is 0 Å². The van der Waals surface area contributed by atoms with Crippen LogP contribution in [0.1, 0.15) is 58.4 Å². The number of amides is 2. The number of nitrogens with zero attached hydrogens (tertiary/aromatic N) is 2. The first kappa shape index (κ1) is 21.6. The van der Waals surface area contributed by atoms with Gasteiger partial charge >= 0.3 is 0 Å². The number of hydrogen-bond acceptors (Lipinski definition) is 3. The molecular formula is C25H27ClN2O3. The molecule has 0 bridgehead atoms. The van der Waals surface area contributed by atoms with Crippen molar-refractivity contribution in [3.05, 3.63) is 70.2 Å². The van der Waals surface area contributed by atoms with Gasteiger partial charge in [0.2, 0.25) is 5.91 Å². The van der Waals surface area contributed by atoms with Gasteiger partial charge in [0.15, 0.2) is 5.78 Å². The van der Waals surface area contributed by atoms with Gasteiger partial charge in [0.25, 0.3) is 5.91 Å². The number of likely N-dealkylation sites (tertiary alicyclic amines) is 2. The molecule has 2 saturated heterocycles.